The van der Waals surface area contributed by atoms with Gasteiger partial charge in [0.1, 0.15) is 12.4 Å². The van der Waals surface area contributed by atoms with Gasteiger partial charge in [-0.05, 0) is 42.2 Å². The summed E-state index contributed by atoms with van der Waals surface area (Å²) in [5, 5.41) is 3.04. The fourth-order valence-corrected chi connectivity index (χ4v) is 3.77. The molecule has 0 saturated heterocycles. The van der Waals surface area contributed by atoms with Crippen molar-refractivity contribution in [2.45, 2.75) is 45.3 Å². The summed E-state index contributed by atoms with van der Waals surface area (Å²) in [5.41, 5.74) is 3.99. The van der Waals surface area contributed by atoms with E-state index in [1.807, 2.05) is 92.7 Å². The van der Waals surface area contributed by atoms with Gasteiger partial charge in [-0.15, -0.1) is 0 Å². The van der Waals surface area contributed by atoms with Gasteiger partial charge in [0.25, 0.3) is 0 Å². The van der Waals surface area contributed by atoms with E-state index in [0.29, 0.717) is 6.61 Å². The van der Waals surface area contributed by atoms with Crippen molar-refractivity contribution in [3.8, 4) is 5.75 Å². The molecule has 5 nitrogen and oxygen atoms in total. The molecule has 0 heterocycles. The van der Waals surface area contributed by atoms with Crippen LogP contribution in [0, 0.1) is 6.92 Å². The summed E-state index contributed by atoms with van der Waals surface area (Å²) in [6.07, 6.45) is 0.323. The van der Waals surface area contributed by atoms with E-state index in [0.717, 1.165) is 28.0 Å². The Kier molecular flexibility index (Phi) is 8.64. The second-order valence-corrected chi connectivity index (χ2v) is 8.18. The molecule has 0 aromatic heterocycles. The van der Waals surface area contributed by atoms with Crippen LogP contribution in [0.2, 0.25) is 0 Å². The van der Waals surface area contributed by atoms with E-state index in [9.17, 15) is 9.59 Å². The Balaban J connectivity index is 1.69. The molecule has 3 aromatic rings. The Hall–Kier alpha value is -3.60. The lowest BCUT2D eigenvalue weighted by Gasteiger charge is -2.20. The lowest BCUT2D eigenvalue weighted by atomic mass is 9.90. The molecule has 0 fully saturated rings. The molecule has 1 amide bonds. The monoisotopic (exact) mass is 445 g/mol. The molecule has 1 N–H and O–H groups in total. The number of amides is 1. The fourth-order valence-electron chi connectivity index (χ4n) is 3.77. The standard InChI is InChI=1S/C28H31NO4/c1-20-16-24(14-15-26(20)33-19-22-10-6-4-7-11-22)25(18-28(31)32-3)17-27(30)29-21(2)23-12-8-5-9-13-23/h4-16,21,25H,17-19H2,1-3H3,(H,29,30)/t21-,25+/m1/s1. The average Bonchev–Trinajstić information content (AvgIpc) is 2.83. The van der Waals surface area contributed by atoms with Gasteiger partial charge in [-0.1, -0.05) is 72.8 Å². The number of ether oxygens (including phenoxy) is 2. The van der Waals surface area contributed by atoms with Crippen LogP contribution < -0.4 is 10.1 Å². The first kappa shape index (κ1) is 24.1. The summed E-state index contributed by atoms with van der Waals surface area (Å²) in [6.45, 7) is 4.40. The molecular formula is C28H31NO4. The highest BCUT2D eigenvalue weighted by molar-refractivity contribution is 5.79. The SMILES string of the molecule is COC(=O)C[C@H](CC(=O)N[C@H](C)c1ccccc1)c1ccc(OCc2ccccc2)c(C)c1. The molecule has 0 aliphatic rings. The van der Waals surface area contributed by atoms with Crippen molar-refractivity contribution in [1.29, 1.82) is 0 Å². The van der Waals surface area contributed by atoms with Gasteiger partial charge in [-0.3, -0.25) is 9.59 Å². The lowest BCUT2D eigenvalue weighted by Crippen LogP contribution is -2.28. The number of carbonyl (C=O) groups is 2. The quantitative estimate of drug-likeness (QED) is 0.419. The number of hydrogen-bond donors (Lipinski definition) is 1. The Morgan fingerprint density at radius 3 is 2.18 bits per heavy atom. The van der Waals surface area contributed by atoms with E-state index in [2.05, 4.69) is 5.32 Å². The minimum absolute atomic E-state index is 0.109. The molecular weight excluding hydrogens is 414 g/mol. The summed E-state index contributed by atoms with van der Waals surface area (Å²) in [7, 11) is 1.36. The van der Waals surface area contributed by atoms with Gasteiger partial charge in [-0.2, -0.15) is 0 Å². The maximum Gasteiger partial charge on any atom is 0.306 e. The first-order valence-corrected chi connectivity index (χ1v) is 11.1. The van der Waals surface area contributed by atoms with Crippen molar-refractivity contribution >= 4 is 11.9 Å². The van der Waals surface area contributed by atoms with Crippen LogP contribution in [0.4, 0.5) is 0 Å². The van der Waals surface area contributed by atoms with E-state index < -0.39 is 0 Å². The van der Waals surface area contributed by atoms with Crippen LogP contribution in [0.15, 0.2) is 78.9 Å². The number of rotatable bonds is 10. The third-order valence-electron chi connectivity index (χ3n) is 5.66. The highest BCUT2D eigenvalue weighted by Gasteiger charge is 2.22. The van der Waals surface area contributed by atoms with Crippen molar-refractivity contribution < 1.29 is 19.1 Å². The van der Waals surface area contributed by atoms with Gasteiger partial charge < -0.3 is 14.8 Å². The molecule has 0 aliphatic carbocycles. The number of benzene rings is 3. The van der Waals surface area contributed by atoms with Crippen molar-refractivity contribution in [1.82, 2.24) is 5.32 Å². The summed E-state index contributed by atoms with van der Waals surface area (Å²) in [6, 6.07) is 25.5. The van der Waals surface area contributed by atoms with E-state index in [1.54, 1.807) is 0 Å². The van der Waals surface area contributed by atoms with Crippen LogP contribution in [0.3, 0.4) is 0 Å². The van der Waals surface area contributed by atoms with Crippen LogP contribution >= 0.6 is 0 Å². The summed E-state index contributed by atoms with van der Waals surface area (Å²) >= 11 is 0. The molecule has 0 bridgehead atoms. The Bertz CT molecular complexity index is 1050. The molecule has 2 atom stereocenters. The molecule has 3 rings (SSSR count). The average molecular weight is 446 g/mol. The lowest BCUT2D eigenvalue weighted by molar-refractivity contribution is -0.141. The van der Waals surface area contributed by atoms with Crippen LogP contribution in [0.25, 0.3) is 0 Å². The third kappa shape index (κ3) is 7.21. The summed E-state index contributed by atoms with van der Waals surface area (Å²) in [4.78, 5) is 24.9. The minimum Gasteiger partial charge on any atom is -0.489 e. The minimum atomic E-state index is -0.342. The van der Waals surface area contributed by atoms with Gasteiger partial charge in [0.15, 0.2) is 0 Å². The fraction of sp³-hybridized carbons (Fsp3) is 0.286. The topological polar surface area (TPSA) is 64.6 Å². The zero-order valence-electron chi connectivity index (χ0n) is 19.4. The summed E-state index contributed by atoms with van der Waals surface area (Å²) < 4.78 is 10.9. The Morgan fingerprint density at radius 1 is 0.879 bits per heavy atom. The molecule has 5 heteroatoms. The molecule has 0 unspecified atom stereocenters. The predicted octanol–water partition coefficient (Wildman–Crippen LogP) is 5.49. The van der Waals surface area contributed by atoms with Gasteiger partial charge in [-0.25, -0.2) is 0 Å². The van der Waals surface area contributed by atoms with Crippen molar-refractivity contribution in [2.24, 2.45) is 0 Å². The first-order chi connectivity index (χ1) is 16.0. The molecule has 0 radical (unpaired) electrons. The summed E-state index contributed by atoms with van der Waals surface area (Å²) in [5.74, 6) is 0.0390. The molecule has 33 heavy (non-hydrogen) atoms. The molecule has 0 aliphatic heterocycles. The second kappa shape index (κ2) is 11.9. The van der Waals surface area contributed by atoms with Crippen molar-refractivity contribution in [3.05, 3.63) is 101 Å². The van der Waals surface area contributed by atoms with Gasteiger partial charge in [0.05, 0.1) is 19.6 Å². The third-order valence-corrected chi connectivity index (χ3v) is 5.66. The van der Waals surface area contributed by atoms with E-state index in [-0.39, 0.29) is 36.7 Å². The molecule has 0 saturated carbocycles. The molecule has 3 aromatic carbocycles. The zero-order chi connectivity index (χ0) is 23.6. The second-order valence-electron chi connectivity index (χ2n) is 8.18. The number of esters is 1. The smallest absolute Gasteiger partial charge is 0.306 e. The van der Waals surface area contributed by atoms with Gasteiger partial charge >= 0.3 is 5.97 Å². The van der Waals surface area contributed by atoms with E-state index >= 15 is 0 Å². The highest BCUT2D eigenvalue weighted by atomic mass is 16.5. The Labute approximate surface area is 195 Å². The number of nitrogens with one attached hydrogen (secondary N) is 1. The van der Waals surface area contributed by atoms with Crippen LogP contribution in [-0.4, -0.2) is 19.0 Å². The van der Waals surface area contributed by atoms with Gasteiger partial charge in [0.2, 0.25) is 5.91 Å². The van der Waals surface area contributed by atoms with Crippen LogP contribution in [0.1, 0.15) is 54.0 Å². The van der Waals surface area contributed by atoms with Crippen molar-refractivity contribution in [2.75, 3.05) is 7.11 Å². The molecule has 172 valence electrons. The first-order valence-electron chi connectivity index (χ1n) is 11.1. The van der Waals surface area contributed by atoms with Crippen molar-refractivity contribution in [3.63, 3.8) is 0 Å². The zero-order valence-corrected chi connectivity index (χ0v) is 19.4. The highest BCUT2D eigenvalue weighted by Crippen LogP contribution is 2.29. The number of aryl methyl sites for hydroxylation is 1. The number of methoxy groups -OCH3 is 1. The maximum atomic E-state index is 12.8. The van der Waals surface area contributed by atoms with Crippen LogP contribution in [0.5, 0.6) is 5.75 Å². The van der Waals surface area contributed by atoms with Gasteiger partial charge in [0, 0.05) is 12.3 Å². The van der Waals surface area contributed by atoms with Crippen LogP contribution in [-0.2, 0) is 20.9 Å². The predicted molar refractivity (Wildman–Crippen MR) is 129 cm³/mol. The molecule has 0 spiro atoms. The van der Waals surface area contributed by atoms with E-state index in [1.165, 1.54) is 7.11 Å². The largest absolute Gasteiger partial charge is 0.489 e. The number of carbonyl (C=O) groups excluding carboxylic acids is 2. The Morgan fingerprint density at radius 2 is 1.55 bits per heavy atom. The normalized spacial score (nSPS) is 12.5. The maximum absolute atomic E-state index is 12.8. The number of hydrogen-bond acceptors (Lipinski definition) is 4. The van der Waals surface area contributed by atoms with E-state index in [4.69, 9.17) is 9.47 Å².